The van der Waals surface area contributed by atoms with Crippen molar-refractivity contribution in [2.75, 3.05) is 20.6 Å². The molecule has 0 aliphatic heterocycles. The Morgan fingerprint density at radius 3 is 3.00 bits per heavy atom. The monoisotopic (exact) mass is 182 g/mol. The van der Waals surface area contributed by atoms with Gasteiger partial charge in [0.15, 0.2) is 0 Å². The first-order valence-electron chi connectivity index (χ1n) is 4.81. The number of amides is 1. The SMILES string of the molecule is CNC(=O)CN(C)C1C=CCCC1. The lowest BCUT2D eigenvalue weighted by molar-refractivity contribution is -0.121. The Morgan fingerprint density at radius 2 is 2.46 bits per heavy atom. The van der Waals surface area contributed by atoms with E-state index in [2.05, 4.69) is 22.4 Å². The molecule has 0 saturated heterocycles. The van der Waals surface area contributed by atoms with Crippen molar-refractivity contribution in [3.8, 4) is 0 Å². The smallest absolute Gasteiger partial charge is 0.233 e. The van der Waals surface area contributed by atoms with E-state index >= 15 is 0 Å². The number of nitrogens with one attached hydrogen (secondary N) is 1. The highest BCUT2D eigenvalue weighted by Gasteiger charge is 2.15. The Labute approximate surface area is 79.8 Å². The molecule has 1 N–H and O–H groups in total. The van der Waals surface area contributed by atoms with Crippen LogP contribution in [0, 0.1) is 0 Å². The minimum absolute atomic E-state index is 0.0847. The van der Waals surface area contributed by atoms with Crippen molar-refractivity contribution in [1.82, 2.24) is 10.2 Å². The number of hydrogen-bond donors (Lipinski definition) is 1. The van der Waals surface area contributed by atoms with Gasteiger partial charge in [0.05, 0.1) is 6.54 Å². The summed E-state index contributed by atoms with van der Waals surface area (Å²) in [5.41, 5.74) is 0. The van der Waals surface area contributed by atoms with E-state index in [1.54, 1.807) is 7.05 Å². The van der Waals surface area contributed by atoms with E-state index < -0.39 is 0 Å². The van der Waals surface area contributed by atoms with Gasteiger partial charge in [0.1, 0.15) is 0 Å². The van der Waals surface area contributed by atoms with E-state index in [9.17, 15) is 4.79 Å². The van der Waals surface area contributed by atoms with E-state index in [0.717, 1.165) is 0 Å². The summed E-state index contributed by atoms with van der Waals surface area (Å²) in [7, 11) is 3.67. The third-order valence-electron chi connectivity index (χ3n) is 2.47. The number of hydrogen-bond acceptors (Lipinski definition) is 2. The Balaban J connectivity index is 2.37. The van der Waals surface area contributed by atoms with Crippen LogP contribution in [0.15, 0.2) is 12.2 Å². The molecule has 0 fully saturated rings. The van der Waals surface area contributed by atoms with E-state index in [1.807, 2.05) is 7.05 Å². The van der Waals surface area contributed by atoms with Crippen molar-refractivity contribution in [3.63, 3.8) is 0 Å². The van der Waals surface area contributed by atoms with Gasteiger partial charge in [-0.3, -0.25) is 9.69 Å². The van der Waals surface area contributed by atoms with Crippen LogP contribution in [0.1, 0.15) is 19.3 Å². The van der Waals surface area contributed by atoms with E-state index in [0.29, 0.717) is 12.6 Å². The minimum atomic E-state index is 0.0847. The lowest BCUT2D eigenvalue weighted by Gasteiger charge is -2.26. The Hall–Kier alpha value is -0.830. The lowest BCUT2D eigenvalue weighted by atomic mass is 10.0. The van der Waals surface area contributed by atoms with Gasteiger partial charge in [-0.1, -0.05) is 12.2 Å². The summed E-state index contributed by atoms with van der Waals surface area (Å²) in [5.74, 6) is 0.0847. The predicted molar refractivity (Wildman–Crippen MR) is 53.5 cm³/mol. The highest BCUT2D eigenvalue weighted by molar-refractivity contribution is 5.77. The summed E-state index contributed by atoms with van der Waals surface area (Å²) < 4.78 is 0. The van der Waals surface area contributed by atoms with Crippen LogP contribution in [0.3, 0.4) is 0 Å². The molecule has 1 aliphatic carbocycles. The van der Waals surface area contributed by atoms with Crippen molar-refractivity contribution >= 4 is 5.91 Å². The summed E-state index contributed by atoms with van der Waals surface area (Å²) in [6, 6.07) is 0.450. The lowest BCUT2D eigenvalue weighted by Crippen LogP contribution is -2.39. The zero-order valence-electron chi connectivity index (χ0n) is 8.42. The molecule has 0 aromatic rings. The maximum Gasteiger partial charge on any atom is 0.233 e. The fraction of sp³-hybridized carbons (Fsp3) is 0.700. The number of carbonyl (C=O) groups excluding carboxylic acids is 1. The van der Waals surface area contributed by atoms with Crippen molar-refractivity contribution < 1.29 is 4.79 Å². The average molecular weight is 182 g/mol. The highest BCUT2D eigenvalue weighted by Crippen LogP contribution is 2.14. The number of nitrogens with zero attached hydrogens (tertiary/aromatic N) is 1. The van der Waals surface area contributed by atoms with E-state index in [4.69, 9.17) is 0 Å². The summed E-state index contributed by atoms with van der Waals surface area (Å²) >= 11 is 0. The Bertz CT molecular complexity index is 201. The van der Waals surface area contributed by atoms with Gasteiger partial charge >= 0.3 is 0 Å². The van der Waals surface area contributed by atoms with E-state index in [1.165, 1.54) is 19.3 Å². The topological polar surface area (TPSA) is 32.3 Å². The quantitative estimate of drug-likeness (QED) is 0.654. The third kappa shape index (κ3) is 3.19. The van der Waals surface area contributed by atoms with E-state index in [-0.39, 0.29) is 5.91 Å². The molecule has 1 amide bonds. The number of rotatable bonds is 3. The van der Waals surface area contributed by atoms with Gasteiger partial charge in [0, 0.05) is 13.1 Å². The molecule has 1 atom stereocenters. The van der Waals surface area contributed by atoms with Crippen LogP contribution in [0.25, 0.3) is 0 Å². The first-order valence-corrected chi connectivity index (χ1v) is 4.81. The largest absolute Gasteiger partial charge is 0.358 e. The second-order valence-electron chi connectivity index (χ2n) is 3.51. The summed E-state index contributed by atoms with van der Waals surface area (Å²) in [4.78, 5) is 13.2. The van der Waals surface area contributed by atoms with Crippen molar-refractivity contribution in [1.29, 1.82) is 0 Å². The molecule has 13 heavy (non-hydrogen) atoms. The molecule has 3 nitrogen and oxygen atoms in total. The van der Waals surface area contributed by atoms with Crippen LogP contribution in [-0.2, 0) is 4.79 Å². The summed E-state index contributed by atoms with van der Waals surface area (Å²) in [6.07, 6.45) is 7.99. The van der Waals surface area contributed by atoms with Crippen LogP contribution < -0.4 is 5.32 Å². The zero-order valence-corrected chi connectivity index (χ0v) is 8.42. The number of carbonyl (C=O) groups is 1. The van der Waals surface area contributed by atoms with Gasteiger partial charge in [-0.25, -0.2) is 0 Å². The molecule has 0 aromatic carbocycles. The maximum atomic E-state index is 11.1. The fourth-order valence-electron chi connectivity index (χ4n) is 1.58. The molecular weight excluding hydrogens is 164 g/mol. The second kappa shape index (κ2) is 5.02. The average Bonchev–Trinajstić information content (AvgIpc) is 2.19. The second-order valence-corrected chi connectivity index (χ2v) is 3.51. The summed E-state index contributed by atoms with van der Waals surface area (Å²) in [6.45, 7) is 0.492. The Kier molecular flexibility index (Phi) is 3.96. The molecule has 3 heteroatoms. The van der Waals surface area contributed by atoms with Crippen molar-refractivity contribution in [2.45, 2.75) is 25.3 Å². The summed E-state index contributed by atoms with van der Waals surface area (Å²) in [5, 5.41) is 2.63. The molecule has 0 spiro atoms. The molecule has 0 heterocycles. The molecule has 1 aliphatic rings. The van der Waals surface area contributed by atoms with Crippen LogP contribution in [-0.4, -0.2) is 37.5 Å². The molecule has 0 saturated carbocycles. The van der Waals surface area contributed by atoms with Gasteiger partial charge in [-0.15, -0.1) is 0 Å². The third-order valence-corrected chi connectivity index (χ3v) is 2.47. The molecule has 1 unspecified atom stereocenters. The van der Waals surface area contributed by atoms with Crippen LogP contribution in [0.5, 0.6) is 0 Å². The first kappa shape index (κ1) is 10.3. The normalized spacial score (nSPS) is 21.9. The molecule has 1 rings (SSSR count). The van der Waals surface area contributed by atoms with Gasteiger partial charge in [-0.2, -0.15) is 0 Å². The van der Waals surface area contributed by atoms with Gasteiger partial charge < -0.3 is 5.32 Å². The van der Waals surface area contributed by atoms with Crippen molar-refractivity contribution in [2.24, 2.45) is 0 Å². The van der Waals surface area contributed by atoms with Gasteiger partial charge in [-0.05, 0) is 26.3 Å². The maximum absolute atomic E-state index is 11.1. The van der Waals surface area contributed by atoms with Crippen LogP contribution >= 0.6 is 0 Å². The Morgan fingerprint density at radius 1 is 1.69 bits per heavy atom. The molecule has 0 radical (unpaired) electrons. The minimum Gasteiger partial charge on any atom is -0.358 e. The first-order chi connectivity index (χ1) is 6.24. The number of allylic oxidation sites excluding steroid dienone is 1. The zero-order chi connectivity index (χ0) is 9.68. The van der Waals surface area contributed by atoms with Gasteiger partial charge in [0.2, 0.25) is 5.91 Å². The number of likely N-dealkylation sites (N-methyl/N-ethyl adjacent to an activating group) is 2. The molecule has 0 aromatic heterocycles. The highest BCUT2D eigenvalue weighted by atomic mass is 16.1. The predicted octanol–water partition coefficient (Wildman–Crippen LogP) is 0.773. The van der Waals surface area contributed by atoms with Crippen LogP contribution in [0.4, 0.5) is 0 Å². The van der Waals surface area contributed by atoms with Crippen LogP contribution in [0.2, 0.25) is 0 Å². The van der Waals surface area contributed by atoms with Gasteiger partial charge in [0.25, 0.3) is 0 Å². The molecular formula is C10H18N2O. The molecule has 0 bridgehead atoms. The molecule has 74 valence electrons. The fourth-order valence-corrected chi connectivity index (χ4v) is 1.58. The standard InChI is InChI=1S/C10H18N2O/c1-11-10(13)8-12(2)9-6-4-3-5-7-9/h4,6,9H,3,5,7-8H2,1-2H3,(H,11,13). The van der Waals surface area contributed by atoms with Crippen molar-refractivity contribution in [3.05, 3.63) is 12.2 Å².